The third-order valence-electron chi connectivity index (χ3n) is 29.8. The minimum atomic E-state index is -0.601. The highest BCUT2D eigenvalue weighted by atomic mass is 14.9. The summed E-state index contributed by atoms with van der Waals surface area (Å²) >= 11 is 0. The van der Waals surface area contributed by atoms with E-state index in [1.807, 2.05) is 0 Å². The van der Waals surface area contributed by atoms with Crippen LogP contribution >= 0.6 is 0 Å². The molecule has 0 saturated heterocycles. The third-order valence-corrected chi connectivity index (χ3v) is 29.8. The Morgan fingerprint density at radius 2 is 0.454 bits per heavy atom. The van der Waals surface area contributed by atoms with Crippen LogP contribution in [0.5, 0.6) is 0 Å². The summed E-state index contributed by atoms with van der Waals surface area (Å²) in [5.41, 5.74) is 49.5. The molecule has 6 N–H and O–H groups in total. The van der Waals surface area contributed by atoms with Gasteiger partial charge in [0.25, 0.3) is 0 Å². The van der Waals surface area contributed by atoms with Crippen LogP contribution in [-0.4, -0.2) is 64.2 Å². The Hall–Kier alpha value is -14.1. The Morgan fingerprint density at radius 1 is 0.227 bits per heavy atom. The monoisotopic (exact) mass is 1860 g/mol. The average molecular weight is 1860 g/mol. The smallest absolute Gasteiger partial charge is 0.0932 e. The number of aromatic nitrogens is 6. The van der Waals surface area contributed by atoms with Crippen LogP contribution in [-0.2, 0) is 35.5 Å². The first-order chi connectivity index (χ1) is 67.6. The molecule has 0 saturated carbocycles. The zero-order valence-electron chi connectivity index (χ0n) is 87.1. The van der Waals surface area contributed by atoms with Crippen molar-refractivity contribution in [1.82, 2.24) is 29.9 Å². The number of benzene rings is 6. The maximum atomic E-state index is 6.08. The number of H-pyrrole nitrogens is 6. The Balaban J connectivity index is 0.843. The molecule has 0 unspecified atom stereocenters. The number of aliphatic imine (C=N–C) groups is 6. The molecule has 19 rings (SSSR count). The van der Waals surface area contributed by atoms with E-state index < -0.39 is 16.2 Å². The van der Waals surface area contributed by atoms with Crippen LogP contribution in [0.3, 0.4) is 0 Å². The van der Waals surface area contributed by atoms with Crippen LogP contribution in [0.2, 0.25) is 0 Å². The van der Waals surface area contributed by atoms with Gasteiger partial charge in [-0.2, -0.15) is 0 Å². The van der Waals surface area contributed by atoms with Gasteiger partial charge in [-0.05, 0) is 330 Å². The molecule has 0 aliphatic carbocycles. The predicted molar refractivity (Wildman–Crippen MR) is 595 cm³/mol. The van der Waals surface area contributed by atoms with Gasteiger partial charge in [0, 0.05) is 83.8 Å². The van der Waals surface area contributed by atoms with Crippen molar-refractivity contribution in [2.24, 2.45) is 65.5 Å². The van der Waals surface area contributed by atoms with Crippen molar-refractivity contribution in [3.05, 3.63) is 446 Å². The maximum absolute atomic E-state index is 6.08. The molecule has 6 aromatic carbocycles. The highest BCUT2D eigenvalue weighted by Gasteiger charge is 2.42. The molecule has 24 bridgehead atoms. The molecular weight excluding hydrogens is 1720 g/mol. The molecule has 0 amide bonds. The molecule has 6 aromatic heterocycles. The van der Waals surface area contributed by atoms with E-state index in [9.17, 15) is 0 Å². The summed E-state index contributed by atoms with van der Waals surface area (Å²) in [6.45, 7) is 55.8. The molecule has 714 valence electrons. The van der Waals surface area contributed by atoms with Gasteiger partial charge in [0.2, 0.25) is 0 Å². The number of nitrogens with one attached hydrogen (secondary N) is 6. The van der Waals surface area contributed by atoms with Crippen molar-refractivity contribution in [3.8, 4) is 11.4 Å². The van der Waals surface area contributed by atoms with Crippen molar-refractivity contribution in [2.45, 2.75) is 221 Å². The summed E-state index contributed by atoms with van der Waals surface area (Å²) in [6, 6.07) is 79.0. The van der Waals surface area contributed by atoms with Gasteiger partial charge < -0.3 is 29.9 Å². The fourth-order valence-electron chi connectivity index (χ4n) is 22.1. The van der Waals surface area contributed by atoms with Gasteiger partial charge in [0.15, 0.2) is 0 Å². The highest BCUT2D eigenvalue weighted by Crippen LogP contribution is 2.51. The summed E-state index contributed by atoms with van der Waals surface area (Å²) in [7, 11) is 0. The second-order valence-corrected chi connectivity index (χ2v) is 44.1. The molecule has 0 radical (unpaired) electrons. The number of aromatic amines is 6. The molecule has 0 atom stereocenters. The third kappa shape index (κ3) is 18.0. The van der Waals surface area contributed by atoms with Crippen molar-refractivity contribution >= 4 is 67.7 Å². The quantitative estimate of drug-likeness (QED) is 0.0482. The Labute approximate surface area is 836 Å². The second-order valence-electron chi connectivity index (χ2n) is 44.1. The van der Waals surface area contributed by atoms with Gasteiger partial charge in [-0.3, -0.25) is 15.0 Å². The standard InChI is InChI=1S/C129H138N12/c1-73(2)67-91-79(13)115-109(85-43-31-25-32-44-85)97-55-61-103(130-97)127(19,20)104-63-57-99(132-104)111(87-47-35-27-36-48-87)117-81(15)93(69-75(5)6)123(138-117)124-95(71-77(9)10)83(17)119(140-124)113(89-51-39-29-40-52-89)101-59-65-107(134-101)129(23,24)108-66-60-102(135-108)114(90-53-41-30-42-54-90)120-84(18)96(72-78(11)12)126(141-120)125-94(70-76(7)8)82(16)118(139-125)112(88-49-37-28-38-50-88)100-58-64-106(133-100)128(21,22)105-62-56-98(131-105)110(86-45-33-26-34-46-86)116-80(14)92(68-74(3)4)122(137-116)121(91)136-115/h25-66,73-78,130-131,134,138-139,141H,67-72H2,1-24H3. The van der Waals surface area contributed by atoms with Gasteiger partial charge >= 0.3 is 0 Å². The Morgan fingerprint density at radius 3 is 0.709 bits per heavy atom. The van der Waals surface area contributed by atoms with E-state index in [1.54, 1.807) is 0 Å². The topological polar surface area (TPSA) is 169 Å². The largest absolute Gasteiger partial charge is 0.358 e. The molecule has 7 aliphatic rings. The molecular formula is C129H138N12. The molecule has 141 heavy (non-hydrogen) atoms. The summed E-state index contributed by atoms with van der Waals surface area (Å²) in [4.78, 5) is 60.9. The van der Waals surface area contributed by atoms with Crippen LogP contribution < -0.4 is 0 Å². The number of hydrogen-bond donors (Lipinski definition) is 6. The maximum Gasteiger partial charge on any atom is 0.0932 e. The first-order valence-corrected chi connectivity index (χ1v) is 51.4. The Kier molecular flexibility index (Phi) is 26.2. The lowest BCUT2D eigenvalue weighted by Crippen LogP contribution is -2.27. The SMILES string of the molecule is CC1=C(CC(C)C)C2=NC1=C(c1ccccc1)c1ccc([nH]1)C(C)(C)C1=NC(=C(c3ccccc3)c3[nH]c(c(CC(C)C)c3C)C3=NC(=C(c4ccccc4)c4ccc([nH]4)C(C)(C)C4=NC(=C(c5ccccc5)c5[nH]c(c(CC(C)C)c5C)-c5[nH]c(c(C)c5CC(C)C)C(c5ccccc5)=C5C=CC(=N5)C(C)(C)c5ccc([nH]5)C(c5ccccc5)=C5N=C2C(CC(C)C)=C5C)C=C4)C(C)=C3CC(C)C)C=C1. The summed E-state index contributed by atoms with van der Waals surface area (Å²) in [6.07, 6.45) is 18.5. The highest BCUT2D eigenvalue weighted by molar-refractivity contribution is 6.56. The number of fused-ring (bicyclic) bond motifs is 21. The fraction of sp³-hybridized carbons (Fsp3) is 0.302. The van der Waals surface area contributed by atoms with Crippen molar-refractivity contribution in [2.75, 3.05) is 0 Å². The summed E-state index contributed by atoms with van der Waals surface area (Å²) in [5, 5.41) is 0. The van der Waals surface area contributed by atoms with Gasteiger partial charge in [0.1, 0.15) is 0 Å². The van der Waals surface area contributed by atoms with Crippen LogP contribution in [0.25, 0.3) is 44.8 Å². The van der Waals surface area contributed by atoms with E-state index in [2.05, 4.69) is 451 Å². The average Bonchev–Trinajstić information content (AvgIpc) is 1.60. The van der Waals surface area contributed by atoms with Crippen molar-refractivity contribution in [1.29, 1.82) is 0 Å². The van der Waals surface area contributed by atoms with E-state index >= 15 is 0 Å². The van der Waals surface area contributed by atoms with Gasteiger partial charge in [0.05, 0.1) is 103 Å². The number of allylic oxidation sites excluding steroid dienone is 12. The van der Waals surface area contributed by atoms with Crippen molar-refractivity contribution in [3.63, 3.8) is 0 Å². The normalized spacial score (nSPS) is 17.1. The van der Waals surface area contributed by atoms with E-state index in [0.29, 0.717) is 35.5 Å². The molecule has 12 aromatic rings. The zero-order valence-corrected chi connectivity index (χ0v) is 87.1. The minimum absolute atomic E-state index is 0.318. The first kappa shape index (κ1) is 95.8. The van der Waals surface area contributed by atoms with Crippen molar-refractivity contribution < 1.29 is 0 Å². The number of hydrogen-bond acceptors (Lipinski definition) is 6. The lowest BCUT2D eigenvalue weighted by atomic mass is 9.84. The van der Waals surface area contributed by atoms with Crippen LogP contribution in [0.15, 0.2) is 352 Å². The number of rotatable bonds is 18. The molecule has 0 spiro atoms. The summed E-state index contributed by atoms with van der Waals surface area (Å²) in [5.74, 6) is 1.98. The van der Waals surface area contributed by atoms with Crippen LogP contribution in [0.1, 0.15) is 288 Å². The minimum Gasteiger partial charge on any atom is -0.358 e. The fourth-order valence-corrected chi connectivity index (χ4v) is 22.1. The second kappa shape index (κ2) is 38.5. The van der Waals surface area contributed by atoms with E-state index in [1.165, 1.54) is 55.7 Å². The first-order valence-electron chi connectivity index (χ1n) is 51.4. The Bertz CT molecular complexity index is 7570. The molecule has 13 heterocycles. The number of nitrogens with zero attached hydrogens (tertiary/aromatic N) is 6. The van der Waals surface area contributed by atoms with Gasteiger partial charge in [-0.25, -0.2) is 15.0 Å². The molecule has 12 nitrogen and oxygen atoms in total. The van der Waals surface area contributed by atoms with Crippen LogP contribution in [0, 0.1) is 56.3 Å². The lowest BCUT2D eigenvalue weighted by molar-refractivity contribution is 0.642. The van der Waals surface area contributed by atoms with Crippen LogP contribution in [0.4, 0.5) is 0 Å². The van der Waals surface area contributed by atoms with Gasteiger partial charge in [-0.1, -0.05) is 265 Å². The predicted octanol–water partition coefficient (Wildman–Crippen LogP) is 31.9. The molecule has 0 fully saturated rings. The lowest BCUT2D eigenvalue weighted by Gasteiger charge is -2.23. The molecule has 12 heteroatoms. The van der Waals surface area contributed by atoms with Gasteiger partial charge in [-0.15, -0.1) is 0 Å². The van der Waals surface area contributed by atoms with E-state index in [0.717, 1.165) is 253 Å². The molecule has 7 aliphatic heterocycles. The zero-order chi connectivity index (χ0) is 99.1. The summed E-state index contributed by atoms with van der Waals surface area (Å²) < 4.78 is 0. The van der Waals surface area contributed by atoms with E-state index in [-0.39, 0.29) is 0 Å². The van der Waals surface area contributed by atoms with E-state index in [4.69, 9.17) is 30.0 Å².